The minimum Gasteiger partial charge on any atom is -0.459 e. The Bertz CT molecular complexity index is 1040. The number of carbonyl (C=O) groups is 4. The summed E-state index contributed by atoms with van der Waals surface area (Å²) in [6.07, 6.45) is 1.89. The van der Waals surface area contributed by atoms with Crippen LogP contribution in [0.1, 0.15) is 38.3 Å². The molecule has 0 radical (unpaired) electrons. The van der Waals surface area contributed by atoms with Crippen molar-refractivity contribution in [2.75, 3.05) is 13.1 Å². The molecule has 0 spiro atoms. The highest BCUT2D eigenvalue weighted by molar-refractivity contribution is 6.19. The minimum absolute atomic E-state index is 0.0850. The van der Waals surface area contributed by atoms with Crippen LogP contribution in [0.3, 0.4) is 0 Å². The Labute approximate surface area is 193 Å². The summed E-state index contributed by atoms with van der Waals surface area (Å²) in [5.74, 6) is -3.86. The second-order valence-corrected chi connectivity index (χ2v) is 9.13. The molecule has 3 rings (SSSR count). The van der Waals surface area contributed by atoms with E-state index in [-0.39, 0.29) is 19.5 Å². The van der Waals surface area contributed by atoms with Gasteiger partial charge >= 0.3 is 5.97 Å². The molecule has 1 atom stereocenters. The summed E-state index contributed by atoms with van der Waals surface area (Å²) in [6.45, 7) is 7.24. The van der Waals surface area contributed by atoms with Crippen LogP contribution in [0.5, 0.6) is 0 Å². The highest BCUT2D eigenvalue weighted by Gasteiger charge is 2.40. The van der Waals surface area contributed by atoms with Gasteiger partial charge in [-0.2, -0.15) is 0 Å². The van der Waals surface area contributed by atoms with Gasteiger partial charge in [-0.15, -0.1) is 0 Å². The summed E-state index contributed by atoms with van der Waals surface area (Å²) in [7, 11) is 0. The van der Waals surface area contributed by atoms with Gasteiger partial charge in [0.05, 0.1) is 5.69 Å². The van der Waals surface area contributed by atoms with Crippen LogP contribution in [0.15, 0.2) is 42.6 Å². The maximum Gasteiger partial charge on any atom is 0.325 e. The lowest BCUT2D eigenvalue weighted by Gasteiger charge is -2.31. The van der Waals surface area contributed by atoms with Gasteiger partial charge in [0.1, 0.15) is 12.1 Å². The molecular formula is C25H29N3O5. The molecule has 33 heavy (non-hydrogen) atoms. The topological polar surface area (TPSA) is 106 Å². The Balaban J connectivity index is 1.62. The molecule has 1 fully saturated rings. The Kier molecular flexibility index (Phi) is 7.26. The van der Waals surface area contributed by atoms with Crippen LogP contribution < -0.4 is 5.32 Å². The van der Waals surface area contributed by atoms with Crippen molar-refractivity contribution in [2.24, 2.45) is 5.92 Å². The quantitative estimate of drug-likeness (QED) is 0.534. The fraction of sp³-hybridized carbons (Fsp3) is 0.400. The molecule has 0 bridgehead atoms. The predicted octanol–water partition coefficient (Wildman–Crippen LogP) is 2.43. The number of carbonyl (C=O) groups excluding carboxylic acids is 4. The van der Waals surface area contributed by atoms with Gasteiger partial charge in [-0.3, -0.25) is 24.2 Å². The summed E-state index contributed by atoms with van der Waals surface area (Å²) in [5.41, 5.74) is 3.08. The summed E-state index contributed by atoms with van der Waals surface area (Å²) in [5, 5.41) is 2.36. The number of rotatable bonds is 6. The molecule has 0 saturated carbocycles. The highest BCUT2D eigenvalue weighted by atomic mass is 16.6. The summed E-state index contributed by atoms with van der Waals surface area (Å²) in [4.78, 5) is 55.5. The number of hydrogen-bond acceptors (Lipinski definition) is 6. The van der Waals surface area contributed by atoms with Crippen molar-refractivity contribution in [3.05, 3.63) is 53.7 Å². The molecule has 2 heterocycles. The Morgan fingerprint density at radius 1 is 1.12 bits per heavy atom. The molecule has 8 heteroatoms. The first kappa shape index (κ1) is 24.1. The number of likely N-dealkylation sites (tertiary alicyclic amines) is 1. The van der Waals surface area contributed by atoms with Crippen molar-refractivity contribution in [1.29, 1.82) is 0 Å². The first-order valence-electron chi connectivity index (χ1n) is 10.9. The molecular weight excluding hydrogens is 422 g/mol. The van der Waals surface area contributed by atoms with Crippen LogP contribution in [0.4, 0.5) is 0 Å². The van der Waals surface area contributed by atoms with Crippen molar-refractivity contribution in [1.82, 2.24) is 15.2 Å². The fourth-order valence-electron chi connectivity index (χ4n) is 3.51. The van der Waals surface area contributed by atoms with Gasteiger partial charge in [0.15, 0.2) is 11.7 Å². The molecule has 1 aromatic heterocycles. The Hall–Kier alpha value is -3.55. The van der Waals surface area contributed by atoms with E-state index < -0.39 is 41.6 Å². The number of aryl methyl sites for hydroxylation is 1. The van der Waals surface area contributed by atoms with Gasteiger partial charge in [-0.1, -0.05) is 30.3 Å². The van der Waals surface area contributed by atoms with Crippen LogP contribution >= 0.6 is 0 Å². The van der Waals surface area contributed by atoms with E-state index >= 15 is 0 Å². The van der Waals surface area contributed by atoms with Crippen LogP contribution in [0, 0.1) is 12.8 Å². The highest BCUT2D eigenvalue weighted by Crippen LogP contribution is 2.21. The van der Waals surface area contributed by atoms with Crippen molar-refractivity contribution >= 4 is 23.6 Å². The van der Waals surface area contributed by atoms with Crippen molar-refractivity contribution < 1.29 is 23.9 Å². The summed E-state index contributed by atoms with van der Waals surface area (Å²) >= 11 is 0. The third-order valence-corrected chi connectivity index (χ3v) is 5.13. The van der Waals surface area contributed by atoms with Crippen molar-refractivity contribution in [3.63, 3.8) is 0 Å². The molecule has 1 N–H and O–H groups in total. The van der Waals surface area contributed by atoms with Gasteiger partial charge in [0.2, 0.25) is 11.8 Å². The van der Waals surface area contributed by atoms with Crippen LogP contribution in [-0.4, -0.2) is 52.1 Å². The van der Waals surface area contributed by atoms with E-state index in [9.17, 15) is 19.2 Å². The van der Waals surface area contributed by atoms with Crippen molar-refractivity contribution in [2.45, 2.75) is 46.3 Å². The lowest BCUT2D eigenvalue weighted by molar-refractivity contribution is -0.157. The van der Waals surface area contributed by atoms with E-state index in [4.69, 9.17) is 4.74 Å². The molecule has 0 aliphatic carbocycles. The monoisotopic (exact) mass is 451 g/mol. The second-order valence-electron chi connectivity index (χ2n) is 9.13. The average molecular weight is 452 g/mol. The number of piperidine rings is 1. The maximum atomic E-state index is 12.9. The predicted molar refractivity (Wildman–Crippen MR) is 122 cm³/mol. The lowest BCUT2D eigenvalue weighted by Crippen LogP contribution is -2.52. The van der Waals surface area contributed by atoms with E-state index in [0.29, 0.717) is 0 Å². The van der Waals surface area contributed by atoms with Gasteiger partial charge < -0.3 is 15.0 Å². The van der Waals surface area contributed by atoms with Crippen LogP contribution in [-0.2, 0) is 30.5 Å². The number of ether oxygens (including phenoxy) is 1. The second kappa shape index (κ2) is 9.94. The Morgan fingerprint density at radius 2 is 1.82 bits per heavy atom. The third kappa shape index (κ3) is 6.47. The summed E-state index contributed by atoms with van der Waals surface area (Å²) < 4.78 is 5.14. The standard InChI is InChI=1S/C25H29N3O5/c1-16-5-10-19(26-13-16)18-8-6-17(7-9-18)15-28-12-11-20(29)22(24(28)32)23(31)27-14-21(30)33-25(2,3)4/h5-10,13,22H,11-12,14-15H2,1-4H3,(H,27,31). The number of aromatic nitrogens is 1. The number of pyridine rings is 1. The molecule has 1 unspecified atom stereocenters. The molecule has 1 aromatic carbocycles. The molecule has 174 valence electrons. The van der Waals surface area contributed by atoms with E-state index in [1.807, 2.05) is 43.3 Å². The zero-order valence-corrected chi connectivity index (χ0v) is 19.4. The first-order valence-corrected chi connectivity index (χ1v) is 10.9. The number of nitrogens with one attached hydrogen (secondary N) is 1. The third-order valence-electron chi connectivity index (χ3n) is 5.13. The molecule has 1 aliphatic rings. The average Bonchev–Trinajstić information content (AvgIpc) is 2.74. The molecule has 8 nitrogen and oxygen atoms in total. The molecule has 1 saturated heterocycles. The lowest BCUT2D eigenvalue weighted by atomic mass is 9.94. The van der Waals surface area contributed by atoms with E-state index in [2.05, 4.69) is 10.3 Å². The Morgan fingerprint density at radius 3 is 2.42 bits per heavy atom. The fourth-order valence-corrected chi connectivity index (χ4v) is 3.51. The summed E-state index contributed by atoms with van der Waals surface area (Å²) in [6, 6.07) is 11.6. The van der Waals surface area contributed by atoms with E-state index in [1.54, 1.807) is 27.0 Å². The zero-order chi connectivity index (χ0) is 24.2. The van der Waals surface area contributed by atoms with Crippen LogP contribution in [0.2, 0.25) is 0 Å². The minimum atomic E-state index is -1.45. The number of nitrogens with zero attached hydrogens (tertiary/aromatic N) is 2. The zero-order valence-electron chi connectivity index (χ0n) is 19.4. The SMILES string of the molecule is Cc1ccc(-c2ccc(CN3CCC(=O)C(C(=O)NCC(=O)OC(C)(C)C)C3=O)cc2)nc1. The molecule has 1 aliphatic heterocycles. The number of hydrogen-bond donors (Lipinski definition) is 1. The maximum absolute atomic E-state index is 12.9. The van der Waals surface area contributed by atoms with Gasteiger partial charge in [-0.25, -0.2) is 0 Å². The number of Topliss-reactive ketones (excluding diaryl/α,β-unsaturated/α-hetero) is 1. The number of amides is 2. The van der Waals surface area contributed by atoms with Crippen molar-refractivity contribution in [3.8, 4) is 11.3 Å². The smallest absolute Gasteiger partial charge is 0.325 e. The van der Waals surface area contributed by atoms with Gasteiger partial charge in [0, 0.05) is 31.3 Å². The number of benzene rings is 1. The number of ketones is 1. The normalized spacial score (nSPS) is 16.5. The molecule has 2 amide bonds. The van der Waals surface area contributed by atoms with Crippen LogP contribution in [0.25, 0.3) is 11.3 Å². The number of esters is 1. The molecule has 2 aromatic rings. The van der Waals surface area contributed by atoms with Gasteiger partial charge in [-0.05, 0) is 44.9 Å². The van der Waals surface area contributed by atoms with Gasteiger partial charge in [0.25, 0.3) is 0 Å². The largest absolute Gasteiger partial charge is 0.459 e. The van der Waals surface area contributed by atoms with E-state index in [1.165, 1.54) is 4.90 Å². The first-order chi connectivity index (χ1) is 15.5. The van der Waals surface area contributed by atoms with E-state index in [0.717, 1.165) is 22.4 Å².